The number of unbranched alkanes of at least 4 members (excludes halogenated alkanes) is 18. The molecule has 3 fully saturated rings. The van der Waals surface area contributed by atoms with E-state index in [4.69, 9.17) is 34.0 Å². The SMILES string of the molecule is CCCCCCCCCCCCOC[C@H]1O[C@H](O[C@@H]2[C@@H](O)[C@H](O[C@H]3O[C@H](CN=[N+]=[N-])[C@@H](O)[C@H](O)[C@H]3O)[C@@H](N=[N+]=[N-])C[C@H]2N=[N+]=[N-])[C@H](O)[C@@H](N=[N+]=[N-])[C@@H]1OCCCCCCCCCCCC. The molecule has 23 heteroatoms. The van der Waals surface area contributed by atoms with Gasteiger partial charge in [-0.3, -0.25) is 0 Å². The van der Waals surface area contributed by atoms with Crippen LogP contribution in [0.1, 0.15) is 149 Å². The highest BCUT2D eigenvalue weighted by molar-refractivity contribution is 5.04. The first-order chi connectivity index (χ1) is 31.7. The lowest BCUT2D eigenvalue weighted by Crippen LogP contribution is -2.65. The summed E-state index contributed by atoms with van der Waals surface area (Å²) in [6, 6.07) is -3.73. The van der Waals surface area contributed by atoms with Gasteiger partial charge < -0.3 is 54.0 Å². The molecule has 370 valence electrons. The van der Waals surface area contributed by atoms with E-state index >= 15 is 0 Å². The molecule has 0 spiro atoms. The Morgan fingerprint density at radius 2 is 0.954 bits per heavy atom. The van der Waals surface area contributed by atoms with Gasteiger partial charge in [-0.15, -0.1) is 0 Å². The monoisotopic (exact) mass is 925 g/mol. The summed E-state index contributed by atoms with van der Waals surface area (Å²) in [7, 11) is 0. The molecule has 0 radical (unpaired) electrons. The number of nitrogens with zero attached hydrogens (tertiary/aromatic N) is 12. The van der Waals surface area contributed by atoms with Gasteiger partial charge in [-0.05, 0) is 41.4 Å². The minimum atomic E-state index is -1.88. The minimum Gasteiger partial charge on any atom is -0.388 e. The number of aliphatic hydroxyl groups is 5. The van der Waals surface area contributed by atoms with Gasteiger partial charge in [0.15, 0.2) is 12.6 Å². The number of rotatable bonds is 34. The highest BCUT2D eigenvalue weighted by atomic mass is 16.7. The van der Waals surface area contributed by atoms with Crippen molar-refractivity contribution >= 4 is 0 Å². The van der Waals surface area contributed by atoms with Crippen LogP contribution in [-0.4, -0.2) is 144 Å². The van der Waals surface area contributed by atoms with Gasteiger partial charge >= 0.3 is 0 Å². The second kappa shape index (κ2) is 33.3. The molecule has 2 heterocycles. The maximum Gasteiger partial charge on any atom is 0.186 e. The van der Waals surface area contributed by atoms with E-state index in [1.807, 2.05) is 0 Å². The zero-order valence-corrected chi connectivity index (χ0v) is 38.4. The maximum absolute atomic E-state index is 11.9. The summed E-state index contributed by atoms with van der Waals surface area (Å²) in [5.41, 5.74) is 37.4. The Morgan fingerprint density at radius 1 is 0.492 bits per heavy atom. The van der Waals surface area contributed by atoms with Gasteiger partial charge in [0.2, 0.25) is 0 Å². The van der Waals surface area contributed by atoms with E-state index < -0.39 is 98.3 Å². The van der Waals surface area contributed by atoms with Gasteiger partial charge in [-0.2, -0.15) is 0 Å². The lowest BCUT2D eigenvalue weighted by molar-refractivity contribution is -0.333. The van der Waals surface area contributed by atoms with Gasteiger partial charge in [0.1, 0.15) is 36.6 Å². The molecule has 2 saturated heterocycles. The van der Waals surface area contributed by atoms with E-state index in [1.165, 1.54) is 77.0 Å². The van der Waals surface area contributed by atoms with Gasteiger partial charge in [0.25, 0.3) is 0 Å². The topological polar surface area (TPSA) is 352 Å². The number of hydrogen-bond donors (Lipinski definition) is 5. The van der Waals surface area contributed by atoms with Crippen LogP contribution in [0.2, 0.25) is 0 Å². The Labute approximate surface area is 382 Å². The summed E-state index contributed by atoms with van der Waals surface area (Å²) in [6.07, 6.45) is 4.04. The van der Waals surface area contributed by atoms with E-state index in [9.17, 15) is 42.1 Å². The standard InChI is InChI=1S/C42H76N12O11/c1-3-5-7-9-11-13-15-17-19-21-23-60-27-31-40(61-24-22-20-18-16-14-12-10-8-6-4-2)32(50-54-46)34(56)41(63-31)64-38-28(48-52-44)25-29(49-53-45)39(37(38)59)65-42-36(58)35(57)33(55)30(62-42)26-47-51-43/h28-42,55-59H,3-27H2,1-2H3/t28-,29+,30-,31-,32-,33-,34-,35+,36-,37-,38+,39-,40-,41-,42-/m1/s1. The van der Waals surface area contributed by atoms with Crippen molar-refractivity contribution in [1.29, 1.82) is 0 Å². The summed E-state index contributed by atoms with van der Waals surface area (Å²) in [5, 5.41) is 70.2. The lowest BCUT2D eigenvalue weighted by Gasteiger charge is -2.48. The van der Waals surface area contributed by atoms with E-state index in [-0.39, 0.29) is 13.0 Å². The van der Waals surface area contributed by atoms with Crippen LogP contribution < -0.4 is 0 Å². The summed E-state index contributed by atoms with van der Waals surface area (Å²) in [4.78, 5) is 11.4. The Morgan fingerprint density at radius 3 is 1.45 bits per heavy atom. The molecular formula is C42H76N12O11. The minimum absolute atomic E-state index is 0.00998. The Bertz CT molecular complexity index is 1500. The van der Waals surface area contributed by atoms with Gasteiger partial charge in [-0.1, -0.05) is 150 Å². The largest absolute Gasteiger partial charge is 0.388 e. The second-order valence-electron chi connectivity index (χ2n) is 17.4. The van der Waals surface area contributed by atoms with E-state index in [0.29, 0.717) is 13.2 Å². The van der Waals surface area contributed by atoms with E-state index in [0.717, 1.165) is 51.4 Å². The highest BCUT2D eigenvalue weighted by Crippen LogP contribution is 2.36. The molecule has 3 rings (SSSR count). The molecule has 1 saturated carbocycles. The van der Waals surface area contributed by atoms with Crippen LogP contribution in [0.5, 0.6) is 0 Å². The molecule has 23 nitrogen and oxygen atoms in total. The molecule has 0 aromatic carbocycles. The Kier molecular flexibility index (Phi) is 28.8. The van der Waals surface area contributed by atoms with Gasteiger partial charge in [0.05, 0.1) is 55.7 Å². The third kappa shape index (κ3) is 19.1. The first-order valence-corrected chi connectivity index (χ1v) is 24.0. The number of hydrogen-bond acceptors (Lipinski definition) is 15. The molecule has 0 bridgehead atoms. The first-order valence-electron chi connectivity index (χ1n) is 24.0. The third-order valence-corrected chi connectivity index (χ3v) is 12.4. The highest BCUT2D eigenvalue weighted by Gasteiger charge is 2.53. The molecule has 0 unspecified atom stereocenters. The average molecular weight is 925 g/mol. The van der Waals surface area contributed by atoms with Gasteiger partial charge in [-0.25, -0.2) is 0 Å². The molecule has 15 atom stereocenters. The fraction of sp³-hybridized carbons (Fsp3) is 1.00. The van der Waals surface area contributed by atoms with Crippen LogP contribution in [0.15, 0.2) is 20.5 Å². The molecule has 5 N–H and O–H groups in total. The van der Waals surface area contributed by atoms with Crippen molar-refractivity contribution in [3.05, 3.63) is 41.8 Å². The molecule has 0 amide bonds. The summed E-state index contributed by atoms with van der Waals surface area (Å²) in [5.74, 6) is 0. The van der Waals surface area contributed by atoms with Crippen molar-refractivity contribution in [3.63, 3.8) is 0 Å². The first kappa shape index (κ1) is 56.1. The van der Waals surface area contributed by atoms with Crippen LogP contribution in [0.4, 0.5) is 0 Å². The van der Waals surface area contributed by atoms with Crippen LogP contribution >= 0.6 is 0 Å². The van der Waals surface area contributed by atoms with Crippen molar-refractivity contribution in [3.8, 4) is 0 Å². The third-order valence-electron chi connectivity index (χ3n) is 12.4. The Balaban J connectivity index is 1.76. The average Bonchev–Trinajstić information content (AvgIpc) is 3.30. The van der Waals surface area contributed by atoms with Crippen molar-refractivity contribution < 1.29 is 54.0 Å². The maximum atomic E-state index is 11.9. The van der Waals surface area contributed by atoms with Crippen LogP contribution in [0, 0.1) is 0 Å². The Hall–Kier alpha value is -3.20. The quantitative estimate of drug-likeness (QED) is 0.0178. The van der Waals surface area contributed by atoms with Crippen molar-refractivity contribution in [2.45, 2.75) is 240 Å². The van der Waals surface area contributed by atoms with Crippen LogP contribution in [-0.2, 0) is 28.4 Å². The normalized spacial score (nSPS) is 32.4. The number of azide groups is 4. The van der Waals surface area contributed by atoms with Crippen molar-refractivity contribution in [2.75, 3.05) is 26.4 Å². The summed E-state index contributed by atoms with van der Waals surface area (Å²) >= 11 is 0. The molecular weight excluding hydrogens is 849 g/mol. The molecule has 0 aromatic heterocycles. The van der Waals surface area contributed by atoms with Crippen LogP contribution in [0.3, 0.4) is 0 Å². The zero-order valence-electron chi connectivity index (χ0n) is 38.4. The van der Waals surface area contributed by atoms with E-state index in [2.05, 4.69) is 54.0 Å². The number of aliphatic hydroxyl groups excluding tert-OH is 5. The zero-order chi connectivity index (χ0) is 47.2. The van der Waals surface area contributed by atoms with Gasteiger partial charge in [0, 0.05) is 32.9 Å². The summed E-state index contributed by atoms with van der Waals surface area (Å²) in [6.45, 7) is 4.69. The predicted octanol–water partition coefficient (Wildman–Crippen LogP) is 8.01. The molecule has 1 aliphatic carbocycles. The molecule has 65 heavy (non-hydrogen) atoms. The van der Waals surface area contributed by atoms with Crippen LogP contribution in [0.25, 0.3) is 41.8 Å². The molecule has 3 aliphatic rings. The number of ether oxygens (including phenoxy) is 6. The second-order valence-corrected chi connectivity index (χ2v) is 17.4. The molecule has 2 aliphatic heterocycles. The lowest BCUT2D eigenvalue weighted by atomic mass is 9.84. The van der Waals surface area contributed by atoms with E-state index in [1.54, 1.807) is 0 Å². The fourth-order valence-electron chi connectivity index (χ4n) is 8.72. The van der Waals surface area contributed by atoms with Crippen molar-refractivity contribution in [2.24, 2.45) is 20.5 Å². The fourth-order valence-corrected chi connectivity index (χ4v) is 8.72. The summed E-state index contributed by atoms with van der Waals surface area (Å²) < 4.78 is 36.6. The predicted molar refractivity (Wildman–Crippen MR) is 239 cm³/mol. The molecule has 0 aromatic rings. The smallest absolute Gasteiger partial charge is 0.186 e. The van der Waals surface area contributed by atoms with Crippen molar-refractivity contribution in [1.82, 2.24) is 0 Å².